The molecule has 0 heteroatoms. The van der Waals surface area contributed by atoms with Crippen molar-refractivity contribution in [2.45, 2.75) is 25.7 Å². The molecule has 0 atom stereocenters. The molecule has 0 fully saturated rings. The molecule has 88 valence electrons. The van der Waals surface area contributed by atoms with Gasteiger partial charge < -0.3 is 0 Å². The van der Waals surface area contributed by atoms with Gasteiger partial charge in [-0.15, -0.1) is 0 Å². The molecule has 2 aromatic carbocycles. The molecule has 0 heterocycles. The third kappa shape index (κ3) is 1.32. The third-order valence-corrected chi connectivity index (χ3v) is 4.21. The highest BCUT2D eigenvalue weighted by atomic mass is 14.2. The van der Waals surface area contributed by atoms with Crippen molar-refractivity contribution in [1.29, 1.82) is 0 Å². The van der Waals surface area contributed by atoms with Gasteiger partial charge in [0.15, 0.2) is 0 Å². The summed E-state index contributed by atoms with van der Waals surface area (Å²) in [6, 6.07) is 8.90. The molecule has 2 aromatic rings. The van der Waals surface area contributed by atoms with Gasteiger partial charge in [0.1, 0.15) is 0 Å². The molecule has 0 nitrogen and oxygen atoms in total. The molecule has 0 N–H and O–H groups in total. The topological polar surface area (TPSA) is 0 Å². The molecule has 2 aliphatic rings. The van der Waals surface area contributed by atoms with E-state index in [1.54, 1.807) is 11.1 Å². The standard InChI is InChI=1S/C18H16/c1-2-8-14-13(7-1)15-9-3-4-11-17(15)18-12-6-5-10-16(14)18/h1-3,6-9,12H,4-5,10-11H2. The van der Waals surface area contributed by atoms with Gasteiger partial charge in [0.05, 0.1) is 0 Å². The Kier molecular flexibility index (Phi) is 2.16. The first kappa shape index (κ1) is 10.1. The maximum atomic E-state index is 2.35. The van der Waals surface area contributed by atoms with Crippen molar-refractivity contribution in [3.05, 3.63) is 58.7 Å². The lowest BCUT2D eigenvalue weighted by atomic mass is 9.81. The van der Waals surface area contributed by atoms with Crippen LogP contribution in [0.1, 0.15) is 35.1 Å². The van der Waals surface area contributed by atoms with Crippen LogP contribution in [0.3, 0.4) is 0 Å². The predicted molar refractivity (Wildman–Crippen MR) is 78.7 cm³/mol. The fourth-order valence-electron chi connectivity index (χ4n) is 3.40. The van der Waals surface area contributed by atoms with Crippen molar-refractivity contribution in [2.75, 3.05) is 0 Å². The van der Waals surface area contributed by atoms with E-state index in [9.17, 15) is 0 Å². The van der Waals surface area contributed by atoms with Crippen LogP contribution in [0.5, 0.6) is 0 Å². The predicted octanol–water partition coefficient (Wildman–Crippen LogP) is 4.76. The summed E-state index contributed by atoms with van der Waals surface area (Å²) in [6.07, 6.45) is 14.1. The maximum absolute atomic E-state index is 2.35. The van der Waals surface area contributed by atoms with Crippen molar-refractivity contribution in [1.82, 2.24) is 0 Å². The molecule has 0 saturated carbocycles. The van der Waals surface area contributed by atoms with Gasteiger partial charge in [-0.05, 0) is 58.7 Å². The van der Waals surface area contributed by atoms with E-state index in [4.69, 9.17) is 0 Å². The van der Waals surface area contributed by atoms with Crippen LogP contribution < -0.4 is 0 Å². The summed E-state index contributed by atoms with van der Waals surface area (Å²) in [6.45, 7) is 0. The normalized spacial score (nSPS) is 16.7. The van der Waals surface area contributed by atoms with Crippen LogP contribution in [-0.2, 0) is 12.8 Å². The average Bonchev–Trinajstić information content (AvgIpc) is 2.48. The molecule has 0 radical (unpaired) electrons. The fourth-order valence-corrected chi connectivity index (χ4v) is 3.40. The second kappa shape index (κ2) is 3.84. The lowest BCUT2D eigenvalue weighted by Gasteiger charge is -2.23. The maximum Gasteiger partial charge on any atom is -0.0106 e. The van der Waals surface area contributed by atoms with Gasteiger partial charge >= 0.3 is 0 Å². The first-order valence-corrected chi connectivity index (χ1v) is 6.84. The van der Waals surface area contributed by atoms with Gasteiger partial charge in [0.2, 0.25) is 0 Å². The smallest absolute Gasteiger partial charge is 0.0106 e. The molecule has 0 aliphatic heterocycles. The van der Waals surface area contributed by atoms with E-state index < -0.39 is 0 Å². The molecule has 0 unspecified atom stereocenters. The van der Waals surface area contributed by atoms with Crippen LogP contribution in [0.15, 0.2) is 36.4 Å². The summed E-state index contributed by atoms with van der Waals surface area (Å²) in [5, 5.41) is 2.90. The van der Waals surface area contributed by atoms with E-state index in [1.807, 2.05) is 0 Å². The van der Waals surface area contributed by atoms with Crippen LogP contribution in [0.25, 0.3) is 22.9 Å². The van der Waals surface area contributed by atoms with Crippen molar-refractivity contribution in [3.8, 4) is 0 Å². The molecule has 4 rings (SSSR count). The van der Waals surface area contributed by atoms with Gasteiger partial charge in [-0.3, -0.25) is 0 Å². The highest BCUT2D eigenvalue weighted by molar-refractivity contribution is 5.98. The van der Waals surface area contributed by atoms with Crippen LogP contribution in [0.2, 0.25) is 0 Å². The number of hydrogen-bond donors (Lipinski definition) is 0. The van der Waals surface area contributed by atoms with Crippen LogP contribution in [-0.4, -0.2) is 0 Å². The largest absolute Gasteiger partial charge is 0.0836 e. The summed E-state index contributed by atoms with van der Waals surface area (Å²) in [5.41, 5.74) is 6.12. The number of benzene rings is 2. The Hall–Kier alpha value is -1.82. The Bertz CT molecular complexity index is 687. The highest BCUT2D eigenvalue weighted by Gasteiger charge is 2.18. The van der Waals surface area contributed by atoms with Gasteiger partial charge in [0.25, 0.3) is 0 Å². The lowest BCUT2D eigenvalue weighted by molar-refractivity contribution is 0.949. The minimum atomic E-state index is 1.19. The summed E-state index contributed by atoms with van der Waals surface area (Å²) >= 11 is 0. The molecule has 0 saturated heterocycles. The number of hydrogen-bond acceptors (Lipinski definition) is 0. The first-order chi connectivity index (χ1) is 8.95. The number of aryl methyl sites for hydroxylation is 1. The number of rotatable bonds is 0. The Labute approximate surface area is 108 Å². The zero-order valence-corrected chi connectivity index (χ0v) is 10.4. The van der Waals surface area contributed by atoms with Crippen LogP contribution in [0.4, 0.5) is 0 Å². The Balaban J connectivity index is 2.21. The van der Waals surface area contributed by atoms with Crippen molar-refractivity contribution < 1.29 is 0 Å². The van der Waals surface area contributed by atoms with Crippen LogP contribution >= 0.6 is 0 Å². The molecule has 2 aliphatic carbocycles. The first-order valence-electron chi connectivity index (χ1n) is 6.84. The molecular formula is C18H16. The minimum Gasteiger partial charge on any atom is -0.0836 e. The highest BCUT2D eigenvalue weighted by Crippen LogP contribution is 2.37. The monoisotopic (exact) mass is 232 g/mol. The molecule has 0 bridgehead atoms. The molecule has 0 amide bonds. The second-order valence-electron chi connectivity index (χ2n) is 5.21. The van der Waals surface area contributed by atoms with E-state index >= 15 is 0 Å². The Morgan fingerprint density at radius 2 is 1.33 bits per heavy atom. The van der Waals surface area contributed by atoms with Crippen LogP contribution in [0, 0.1) is 0 Å². The zero-order chi connectivity index (χ0) is 11.9. The molecular weight excluding hydrogens is 216 g/mol. The lowest BCUT2D eigenvalue weighted by Crippen LogP contribution is -2.05. The summed E-state index contributed by atoms with van der Waals surface area (Å²) < 4.78 is 0. The van der Waals surface area contributed by atoms with Crippen molar-refractivity contribution in [3.63, 3.8) is 0 Å². The number of allylic oxidation sites excluding steroid dienone is 2. The summed E-state index contributed by atoms with van der Waals surface area (Å²) in [7, 11) is 0. The Morgan fingerprint density at radius 1 is 0.667 bits per heavy atom. The summed E-state index contributed by atoms with van der Waals surface area (Å²) in [5.74, 6) is 0. The van der Waals surface area contributed by atoms with E-state index in [1.165, 1.54) is 47.6 Å². The quantitative estimate of drug-likeness (QED) is 0.614. The minimum absolute atomic E-state index is 1.19. The van der Waals surface area contributed by atoms with E-state index in [-0.39, 0.29) is 0 Å². The van der Waals surface area contributed by atoms with E-state index in [2.05, 4.69) is 48.6 Å². The summed E-state index contributed by atoms with van der Waals surface area (Å²) in [4.78, 5) is 0. The molecule has 18 heavy (non-hydrogen) atoms. The van der Waals surface area contributed by atoms with Gasteiger partial charge in [-0.25, -0.2) is 0 Å². The average molecular weight is 232 g/mol. The zero-order valence-electron chi connectivity index (χ0n) is 10.4. The number of fused-ring (bicyclic) bond motifs is 6. The van der Waals surface area contributed by atoms with Gasteiger partial charge in [-0.2, -0.15) is 0 Å². The fraction of sp³-hybridized carbons (Fsp3) is 0.222. The molecule has 0 aromatic heterocycles. The van der Waals surface area contributed by atoms with Crippen molar-refractivity contribution in [2.24, 2.45) is 0 Å². The molecule has 0 spiro atoms. The van der Waals surface area contributed by atoms with Gasteiger partial charge in [0, 0.05) is 0 Å². The van der Waals surface area contributed by atoms with Gasteiger partial charge in [-0.1, -0.05) is 48.6 Å². The second-order valence-corrected chi connectivity index (χ2v) is 5.21. The van der Waals surface area contributed by atoms with Crippen molar-refractivity contribution >= 4 is 22.9 Å². The SMILES string of the molecule is C1=Cc2c(c3c(c4ccccc24)CCC=C3)CC1. The van der Waals surface area contributed by atoms with E-state index in [0.29, 0.717) is 0 Å². The third-order valence-electron chi connectivity index (χ3n) is 4.21. The Morgan fingerprint density at radius 3 is 2.17 bits per heavy atom. The van der Waals surface area contributed by atoms with E-state index in [0.717, 1.165) is 0 Å².